The van der Waals surface area contributed by atoms with Crippen LogP contribution in [0.4, 0.5) is 8.78 Å². The van der Waals surface area contributed by atoms with Crippen molar-refractivity contribution >= 4 is 10.0 Å². The van der Waals surface area contributed by atoms with Gasteiger partial charge in [0.15, 0.2) is 0 Å². The van der Waals surface area contributed by atoms with Crippen LogP contribution < -0.4 is 4.72 Å². The molecule has 0 aromatic heterocycles. The van der Waals surface area contributed by atoms with Crippen LogP contribution in [0.25, 0.3) is 0 Å². The van der Waals surface area contributed by atoms with E-state index in [1.807, 2.05) is 0 Å². The molecule has 0 aliphatic rings. The van der Waals surface area contributed by atoms with Gasteiger partial charge in [-0.2, -0.15) is 0 Å². The van der Waals surface area contributed by atoms with E-state index in [9.17, 15) is 17.2 Å². The summed E-state index contributed by atoms with van der Waals surface area (Å²) >= 11 is 0. The van der Waals surface area contributed by atoms with Gasteiger partial charge in [0.05, 0.1) is 4.90 Å². The van der Waals surface area contributed by atoms with Crippen molar-refractivity contribution in [1.82, 2.24) is 4.72 Å². The normalized spacial score (nSPS) is 11.5. The topological polar surface area (TPSA) is 46.2 Å². The summed E-state index contributed by atoms with van der Waals surface area (Å²) in [5, 5.41) is 0. The van der Waals surface area contributed by atoms with Crippen LogP contribution in [0.5, 0.6) is 0 Å². The van der Waals surface area contributed by atoms with E-state index >= 15 is 0 Å². The van der Waals surface area contributed by atoms with Crippen molar-refractivity contribution in [1.29, 1.82) is 0 Å². The fraction of sp³-hybridized carbons (Fsp3) is 0.143. The first kappa shape index (κ1) is 14.6. The zero-order valence-electron chi connectivity index (χ0n) is 10.5. The molecule has 2 aromatic carbocycles. The van der Waals surface area contributed by atoms with E-state index in [1.54, 1.807) is 18.2 Å². The summed E-state index contributed by atoms with van der Waals surface area (Å²) in [4.78, 5) is 0.139. The van der Waals surface area contributed by atoms with Crippen LogP contribution in [-0.2, 0) is 16.4 Å². The monoisotopic (exact) mass is 297 g/mol. The van der Waals surface area contributed by atoms with Gasteiger partial charge >= 0.3 is 0 Å². The maximum Gasteiger partial charge on any atom is 0.240 e. The lowest BCUT2D eigenvalue weighted by atomic mass is 10.1. The first-order valence-electron chi connectivity index (χ1n) is 5.98. The van der Waals surface area contributed by atoms with Gasteiger partial charge in [-0.15, -0.1) is 0 Å². The second-order valence-corrected chi connectivity index (χ2v) is 5.96. The lowest BCUT2D eigenvalue weighted by molar-refractivity contribution is 0.572. The van der Waals surface area contributed by atoms with E-state index < -0.39 is 21.7 Å². The average Bonchev–Trinajstić information content (AvgIpc) is 2.43. The van der Waals surface area contributed by atoms with Gasteiger partial charge in [-0.05, 0) is 42.3 Å². The molecule has 0 bridgehead atoms. The van der Waals surface area contributed by atoms with Gasteiger partial charge in [-0.1, -0.05) is 18.2 Å². The zero-order chi connectivity index (χ0) is 14.6. The molecule has 0 saturated carbocycles. The molecular formula is C14H13F2NO2S. The number of sulfonamides is 1. The molecule has 0 saturated heterocycles. The summed E-state index contributed by atoms with van der Waals surface area (Å²) < 4.78 is 52.5. The molecule has 0 aliphatic carbocycles. The summed E-state index contributed by atoms with van der Waals surface area (Å²) in [5.41, 5.74) is 0.140. The molecule has 1 N–H and O–H groups in total. The second kappa shape index (κ2) is 6.11. The second-order valence-electron chi connectivity index (χ2n) is 4.20. The molecule has 6 heteroatoms. The van der Waals surface area contributed by atoms with Crippen LogP contribution in [-0.4, -0.2) is 15.0 Å². The Kier molecular flexibility index (Phi) is 4.46. The molecule has 0 spiro atoms. The molecule has 0 amide bonds. The molecule has 2 rings (SSSR count). The smallest absolute Gasteiger partial charge is 0.211 e. The molecule has 3 nitrogen and oxygen atoms in total. The lowest BCUT2D eigenvalue weighted by Gasteiger charge is -2.07. The maximum atomic E-state index is 13.4. The number of nitrogens with one attached hydrogen (secondary N) is 1. The highest BCUT2D eigenvalue weighted by molar-refractivity contribution is 7.89. The number of benzene rings is 2. The summed E-state index contributed by atoms with van der Waals surface area (Å²) in [5.74, 6) is -1.10. The van der Waals surface area contributed by atoms with Crippen LogP contribution in [0, 0.1) is 11.6 Å². The van der Waals surface area contributed by atoms with E-state index in [0.717, 1.165) is 18.2 Å². The minimum atomic E-state index is -3.62. The van der Waals surface area contributed by atoms with E-state index in [2.05, 4.69) is 4.72 Å². The molecule has 0 unspecified atom stereocenters. The van der Waals surface area contributed by atoms with Crippen molar-refractivity contribution in [2.75, 3.05) is 6.54 Å². The quantitative estimate of drug-likeness (QED) is 0.921. The molecule has 20 heavy (non-hydrogen) atoms. The Bertz CT molecular complexity index is 688. The Labute approximate surface area is 116 Å². The number of rotatable bonds is 5. The van der Waals surface area contributed by atoms with Crippen LogP contribution in [0.2, 0.25) is 0 Å². The minimum Gasteiger partial charge on any atom is -0.211 e. The molecule has 0 radical (unpaired) electrons. The minimum absolute atomic E-state index is 0.00238. The SMILES string of the molecule is O=S(=O)(NCCc1cc(F)ccc1F)c1ccccc1. The fourth-order valence-corrected chi connectivity index (χ4v) is 2.79. The van der Waals surface area contributed by atoms with Crippen molar-refractivity contribution in [3.63, 3.8) is 0 Å². The van der Waals surface area contributed by atoms with E-state index in [1.165, 1.54) is 12.1 Å². The summed E-state index contributed by atoms with van der Waals surface area (Å²) in [6.07, 6.45) is 0.0790. The zero-order valence-corrected chi connectivity index (χ0v) is 11.3. The largest absolute Gasteiger partial charge is 0.240 e. The summed E-state index contributed by atoms with van der Waals surface area (Å²) in [6.45, 7) is -0.00238. The van der Waals surface area contributed by atoms with Crippen molar-refractivity contribution in [2.45, 2.75) is 11.3 Å². The first-order valence-corrected chi connectivity index (χ1v) is 7.46. The fourth-order valence-electron chi connectivity index (χ4n) is 1.74. The third-order valence-corrected chi connectivity index (χ3v) is 4.22. The Balaban J connectivity index is 2.01. The highest BCUT2D eigenvalue weighted by atomic mass is 32.2. The molecular weight excluding hydrogens is 284 g/mol. The van der Waals surface area contributed by atoms with Crippen LogP contribution in [0.15, 0.2) is 53.4 Å². The van der Waals surface area contributed by atoms with Gasteiger partial charge in [0.1, 0.15) is 11.6 Å². The lowest BCUT2D eigenvalue weighted by Crippen LogP contribution is -2.26. The highest BCUT2D eigenvalue weighted by Crippen LogP contribution is 2.11. The van der Waals surface area contributed by atoms with Crippen LogP contribution in [0.3, 0.4) is 0 Å². The van der Waals surface area contributed by atoms with Gasteiger partial charge in [-0.3, -0.25) is 0 Å². The molecule has 106 valence electrons. The van der Waals surface area contributed by atoms with Gasteiger partial charge in [0.2, 0.25) is 10.0 Å². The standard InChI is InChI=1S/C14H13F2NO2S/c15-12-6-7-14(16)11(10-12)8-9-17-20(18,19)13-4-2-1-3-5-13/h1-7,10,17H,8-9H2. The first-order chi connectivity index (χ1) is 9.49. The number of halogens is 2. The predicted molar refractivity (Wildman–Crippen MR) is 71.7 cm³/mol. The Morgan fingerprint density at radius 2 is 1.70 bits per heavy atom. The van der Waals surface area contributed by atoms with Crippen molar-refractivity contribution < 1.29 is 17.2 Å². The van der Waals surface area contributed by atoms with E-state index in [4.69, 9.17) is 0 Å². The molecule has 0 atom stereocenters. The molecule has 0 heterocycles. The predicted octanol–water partition coefficient (Wildman–Crippen LogP) is 2.49. The van der Waals surface area contributed by atoms with Gasteiger partial charge in [0.25, 0.3) is 0 Å². The van der Waals surface area contributed by atoms with Gasteiger partial charge in [0, 0.05) is 6.54 Å². The van der Waals surface area contributed by atoms with Crippen LogP contribution in [0.1, 0.15) is 5.56 Å². The third-order valence-electron chi connectivity index (χ3n) is 2.75. The molecule has 0 aliphatic heterocycles. The average molecular weight is 297 g/mol. The third kappa shape index (κ3) is 3.61. The number of hydrogen-bond acceptors (Lipinski definition) is 2. The van der Waals surface area contributed by atoms with Crippen molar-refractivity contribution in [3.05, 3.63) is 65.7 Å². The van der Waals surface area contributed by atoms with E-state index in [0.29, 0.717) is 0 Å². The van der Waals surface area contributed by atoms with Crippen molar-refractivity contribution in [3.8, 4) is 0 Å². The van der Waals surface area contributed by atoms with Gasteiger partial charge in [-0.25, -0.2) is 21.9 Å². The summed E-state index contributed by atoms with van der Waals surface area (Å²) in [7, 11) is -3.62. The van der Waals surface area contributed by atoms with E-state index in [-0.39, 0.29) is 23.4 Å². The Morgan fingerprint density at radius 3 is 2.40 bits per heavy atom. The van der Waals surface area contributed by atoms with Crippen molar-refractivity contribution in [2.24, 2.45) is 0 Å². The molecule has 2 aromatic rings. The molecule has 0 fully saturated rings. The summed E-state index contributed by atoms with van der Waals surface area (Å²) in [6, 6.07) is 11.0. The number of hydrogen-bond donors (Lipinski definition) is 1. The Hall–Kier alpha value is -1.79. The van der Waals surface area contributed by atoms with Gasteiger partial charge < -0.3 is 0 Å². The van der Waals surface area contributed by atoms with Crippen LogP contribution >= 0.6 is 0 Å². The maximum absolute atomic E-state index is 13.4. The highest BCUT2D eigenvalue weighted by Gasteiger charge is 2.13. The Morgan fingerprint density at radius 1 is 1.00 bits per heavy atom.